The second-order valence-electron chi connectivity index (χ2n) is 4.77. The number of methoxy groups -OCH3 is 1. The zero-order valence-electron chi connectivity index (χ0n) is 12.1. The molecule has 1 aromatic heterocycles. The lowest BCUT2D eigenvalue weighted by Gasteiger charge is -2.19. The van der Waals surface area contributed by atoms with Gasteiger partial charge in [0.05, 0.1) is 25.1 Å². The third kappa shape index (κ3) is 2.35. The first-order valence-electron chi connectivity index (χ1n) is 6.40. The van der Waals surface area contributed by atoms with Crippen LogP contribution >= 0.6 is 0 Å². The Hall–Kier alpha value is -2.41. The number of nitrogens with zero attached hydrogens (tertiary/aromatic N) is 3. The normalized spacial score (nSPS) is 11.8. The average Bonchev–Trinajstić information content (AvgIpc) is 2.46. The molecule has 0 radical (unpaired) electrons. The highest BCUT2D eigenvalue weighted by Gasteiger charge is 2.23. The van der Waals surface area contributed by atoms with Gasteiger partial charge in [-0.15, -0.1) is 0 Å². The van der Waals surface area contributed by atoms with Crippen LogP contribution in [0.5, 0.6) is 5.75 Å². The maximum Gasteiger partial charge on any atom is 0.127 e. The molecule has 0 saturated carbocycles. The van der Waals surface area contributed by atoms with Crippen molar-refractivity contribution >= 4 is 0 Å². The van der Waals surface area contributed by atoms with E-state index >= 15 is 0 Å². The number of aromatic nitrogens is 2. The van der Waals surface area contributed by atoms with Gasteiger partial charge in [-0.25, -0.2) is 0 Å². The van der Waals surface area contributed by atoms with Crippen molar-refractivity contribution in [3.63, 3.8) is 0 Å². The minimum absolute atomic E-state index is 0.474. The highest BCUT2D eigenvalue weighted by atomic mass is 16.5. The van der Waals surface area contributed by atoms with Crippen LogP contribution in [0.2, 0.25) is 0 Å². The Balaban J connectivity index is 2.68. The molecule has 0 bridgehead atoms. The quantitative estimate of drug-likeness (QED) is 0.857. The van der Waals surface area contributed by atoms with Crippen LogP contribution in [0, 0.1) is 32.1 Å². The summed E-state index contributed by atoms with van der Waals surface area (Å²) in [6.07, 6.45) is 4.83. The van der Waals surface area contributed by atoms with Crippen molar-refractivity contribution in [2.75, 3.05) is 7.11 Å². The first-order chi connectivity index (χ1) is 9.60. The SMILES string of the molecule is COc1c(C)c(C)cc(C)c1C(C#N)c1cnccn1. The lowest BCUT2D eigenvalue weighted by atomic mass is 9.89. The second-order valence-corrected chi connectivity index (χ2v) is 4.77. The van der Waals surface area contributed by atoms with Gasteiger partial charge in [0, 0.05) is 18.0 Å². The van der Waals surface area contributed by atoms with Crippen LogP contribution in [0.4, 0.5) is 0 Å². The number of aryl methyl sites for hydroxylation is 2. The predicted octanol–water partition coefficient (Wildman–Crippen LogP) is 3.07. The van der Waals surface area contributed by atoms with Crippen molar-refractivity contribution in [2.24, 2.45) is 0 Å². The van der Waals surface area contributed by atoms with E-state index in [9.17, 15) is 5.26 Å². The number of rotatable bonds is 3. The summed E-state index contributed by atoms with van der Waals surface area (Å²) < 4.78 is 5.54. The fraction of sp³-hybridized carbons (Fsp3) is 0.312. The molecule has 102 valence electrons. The molecule has 20 heavy (non-hydrogen) atoms. The van der Waals surface area contributed by atoms with Crippen molar-refractivity contribution in [2.45, 2.75) is 26.7 Å². The molecule has 0 amide bonds. The van der Waals surface area contributed by atoms with Crippen LogP contribution in [0.1, 0.15) is 33.9 Å². The molecule has 0 spiro atoms. The van der Waals surface area contributed by atoms with Crippen molar-refractivity contribution < 1.29 is 4.74 Å². The first kappa shape index (κ1) is 14.0. The lowest BCUT2D eigenvalue weighted by Crippen LogP contribution is -2.08. The smallest absolute Gasteiger partial charge is 0.127 e. The fourth-order valence-corrected chi connectivity index (χ4v) is 2.43. The van der Waals surface area contributed by atoms with Gasteiger partial charge in [-0.1, -0.05) is 6.07 Å². The van der Waals surface area contributed by atoms with Crippen molar-refractivity contribution in [3.8, 4) is 11.8 Å². The van der Waals surface area contributed by atoms with E-state index in [2.05, 4.69) is 22.1 Å². The Kier molecular flexibility index (Phi) is 3.99. The zero-order valence-corrected chi connectivity index (χ0v) is 12.1. The lowest BCUT2D eigenvalue weighted by molar-refractivity contribution is 0.405. The van der Waals surface area contributed by atoms with E-state index < -0.39 is 5.92 Å². The molecule has 0 saturated heterocycles. The topological polar surface area (TPSA) is 58.8 Å². The van der Waals surface area contributed by atoms with Crippen LogP contribution in [0.25, 0.3) is 0 Å². The van der Waals surface area contributed by atoms with Crippen LogP contribution in [0.15, 0.2) is 24.7 Å². The second kappa shape index (κ2) is 5.70. The van der Waals surface area contributed by atoms with E-state index in [-0.39, 0.29) is 0 Å². The van der Waals surface area contributed by atoms with Crippen LogP contribution in [0.3, 0.4) is 0 Å². The summed E-state index contributed by atoms with van der Waals surface area (Å²) in [6, 6.07) is 4.39. The maximum atomic E-state index is 9.56. The largest absolute Gasteiger partial charge is 0.496 e. The van der Waals surface area contributed by atoms with Crippen molar-refractivity contribution in [1.82, 2.24) is 9.97 Å². The van der Waals surface area contributed by atoms with Gasteiger partial charge in [-0.3, -0.25) is 9.97 Å². The average molecular weight is 267 g/mol. The fourth-order valence-electron chi connectivity index (χ4n) is 2.43. The predicted molar refractivity (Wildman–Crippen MR) is 76.7 cm³/mol. The molecule has 1 unspecified atom stereocenters. The van der Waals surface area contributed by atoms with E-state index in [1.165, 1.54) is 0 Å². The van der Waals surface area contributed by atoms with Gasteiger partial charge in [0.25, 0.3) is 0 Å². The van der Waals surface area contributed by atoms with Crippen LogP contribution < -0.4 is 4.74 Å². The van der Waals surface area contributed by atoms with E-state index in [4.69, 9.17) is 4.74 Å². The Morgan fingerprint density at radius 3 is 2.50 bits per heavy atom. The summed E-state index contributed by atoms with van der Waals surface area (Å²) in [5.74, 6) is 0.289. The highest BCUT2D eigenvalue weighted by molar-refractivity contribution is 5.55. The summed E-state index contributed by atoms with van der Waals surface area (Å²) in [6.45, 7) is 6.03. The van der Waals surface area contributed by atoms with Gasteiger partial charge in [0.1, 0.15) is 11.7 Å². The Morgan fingerprint density at radius 2 is 1.95 bits per heavy atom. The Morgan fingerprint density at radius 1 is 1.20 bits per heavy atom. The summed E-state index contributed by atoms with van der Waals surface area (Å²) in [5.41, 5.74) is 4.75. The van der Waals surface area contributed by atoms with E-state index in [1.54, 1.807) is 25.7 Å². The molecule has 1 heterocycles. The van der Waals surface area contributed by atoms with Gasteiger partial charge < -0.3 is 4.74 Å². The molecule has 0 N–H and O–H groups in total. The van der Waals surface area contributed by atoms with E-state index in [1.807, 2.05) is 20.8 Å². The number of hydrogen-bond acceptors (Lipinski definition) is 4. The molecule has 1 aromatic carbocycles. The molecule has 2 rings (SSSR count). The number of ether oxygens (including phenoxy) is 1. The van der Waals surface area contributed by atoms with Gasteiger partial charge in [0.2, 0.25) is 0 Å². The molecule has 4 heteroatoms. The van der Waals surface area contributed by atoms with Gasteiger partial charge in [-0.2, -0.15) is 5.26 Å². The van der Waals surface area contributed by atoms with Crippen LogP contribution in [-0.2, 0) is 0 Å². The summed E-state index contributed by atoms with van der Waals surface area (Å²) in [5, 5.41) is 9.56. The summed E-state index contributed by atoms with van der Waals surface area (Å²) in [7, 11) is 1.63. The van der Waals surface area contributed by atoms with Gasteiger partial charge >= 0.3 is 0 Å². The van der Waals surface area contributed by atoms with E-state index in [0.29, 0.717) is 5.69 Å². The van der Waals surface area contributed by atoms with Crippen molar-refractivity contribution in [3.05, 3.63) is 52.6 Å². The number of hydrogen-bond donors (Lipinski definition) is 0. The molecule has 0 aliphatic heterocycles. The third-order valence-corrected chi connectivity index (χ3v) is 3.54. The Bertz CT molecular complexity index is 660. The minimum atomic E-state index is -0.474. The molecular formula is C16H17N3O. The van der Waals surface area contributed by atoms with Crippen LogP contribution in [-0.4, -0.2) is 17.1 Å². The molecule has 4 nitrogen and oxygen atoms in total. The number of benzene rings is 1. The molecule has 2 aromatic rings. The summed E-state index contributed by atoms with van der Waals surface area (Å²) in [4.78, 5) is 8.30. The number of nitriles is 1. The maximum absolute atomic E-state index is 9.56. The van der Waals surface area contributed by atoms with E-state index in [0.717, 1.165) is 28.0 Å². The molecular weight excluding hydrogens is 250 g/mol. The summed E-state index contributed by atoms with van der Waals surface area (Å²) >= 11 is 0. The molecule has 0 fully saturated rings. The molecule has 0 aliphatic carbocycles. The Labute approximate surface area is 119 Å². The monoisotopic (exact) mass is 267 g/mol. The molecule has 1 atom stereocenters. The van der Waals surface area contributed by atoms with Gasteiger partial charge in [-0.05, 0) is 37.5 Å². The zero-order chi connectivity index (χ0) is 14.7. The van der Waals surface area contributed by atoms with Gasteiger partial charge in [0.15, 0.2) is 0 Å². The first-order valence-corrected chi connectivity index (χ1v) is 6.40. The minimum Gasteiger partial charge on any atom is -0.496 e. The van der Waals surface area contributed by atoms with Crippen molar-refractivity contribution in [1.29, 1.82) is 5.26 Å². The standard InChI is InChI=1S/C16H17N3O/c1-10-7-11(2)15(16(20-4)12(10)3)13(8-17)14-9-18-5-6-19-14/h5-7,9,13H,1-4H3. The molecule has 0 aliphatic rings. The highest BCUT2D eigenvalue weighted by Crippen LogP contribution is 2.37. The third-order valence-electron chi connectivity index (χ3n) is 3.54.